The molecule has 1 fully saturated rings. The number of amides is 2. The monoisotopic (exact) mass is 300 g/mol. The molecule has 1 rings (SSSR count). The van der Waals surface area contributed by atoms with E-state index in [1.807, 2.05) is 13.8 Å². The minimum Gasteiger partial charge on any atom is -0.481 e. The van der Waals surface area contributed by atoms with Gasteiger partial charge in [0.25, 0.3) is 0 Å². The van der Waals surface area contributed by atoms with Crippen LogP contribution in [-0.4, -0.2) is 42.9 Å². The van der Waals surface area contributed by atoms with Crippen molar-refractivity contribution >= 4 is 12.0 Å². The zero-order chi connectivity index (χ0) is 15.7. The van der Waals surface area contributed by atoms with Crippen molar-refractivity contribution in [1.29, 1.82) is 0 Å². The highest BCUT2D eigenvalue weighted by Gasteiger charge is 2.38. The van der Waals surface area contributed by atoms with E-state index in [4.69, 9.17) is 4.74 Å². The van der Waals surface area contributed by atoms with Crippen molar-refractivity contribution in [1.82, 2.24) is 10.6 Å². The summed E-state index contributed by atoms with van der Waals surface area (Å²) in [6.45, 7) is 5.00. The van der Waals surface area contributed by atoms with Crippen molar-refractivity contribution in [3.05, 3.63) is 0 Å². The van der Waals surface area contributed by atoms with E-state index < -0.39 is 11.4 Å². The number of hydrogen-bond donors (Lipinski definition) is 3. The minimum absolute atomic E-state index is 0.0974. The maximum Gasteiger partial charge on any atom is 0.315 e. The van der Waals surface area contributed by atoms with Gasteiger partial charge in [0.2, 0.25) is 0 Å². The molecule has 1 unspecified atom stereocenters. The SMILES string of the molecule is CCOCC(C)NC(=O)NCC1(C(=O)O)CCCCCC1. The van der Waals surface area contributed by atoms with Gasteiger partial charge < -0.3 is 20.5 Å². The van der Waals surface area contributed by atoms with Gasteiger partial charge in [-0.05, 0) is 26.7 Å². The number of carbonyl (C=O) groups is 2. The number of carboxylic acids is 1. The van der Waals surface area contributed by atoms with Crippen LogP contribution in [0.2, 0.25) is 0 Å². The molecule has 122 valence electrons. The smallest absolute Gasteiger partial charge is 0.315 e. The fraction of sp³-hybridized carbons (Fsp3) is 0.867. The normalized spacial score (nSPS) is 19.3. The van der Waals surface area contributed by atoms with Crippen molar-refractivity contribution in [3.8, 4) is 0 Å². The lowest BCUT2D eigenvalue weighted by atomic mass is 9.80. The molecule has 0 spiro atoms. The fourth-order valence-electron chi connectivity index (χ4n) is 2.73. The molecule has 6 heteroatoms. The molecule has 0 aliphatic heterocycles. The lowest BCUT2D eigenvalue weighted by Crippen LogP contribution is -2.48. The Labute approximate surface area is 126 Å². The Bertz CT molecular complexity index is 339. The summed E-state index contributed by atoms with van der Waals surface area (Å²) in [5, 5.41) is 15.0. The predicted octanol–water partition coefficient (Wildman–Crippen LogP) is 2.14. The largest absolute Gasteiger partial charge is 0.481 e. The van der Waals surface area contributed by atoms with E-state index in [2.05, 4.69) is 10.6 Å². The molecule has 1 atom stereocenters. The lowest BCUT2D eigenvalue weighted by Gasteiger charge is -2.28. The van der Waals surface area contributed by atoms with Crippen LogP contribution in [0.5, 0.6) is 0 Å². The molecular weight excluding hydrogens is 272 g/mol. The molecule has 0 saturated heterocycles. The van der Waals surface area contributed by atoms with E-state index in [1.165, 1.54) is 0 Å². The second-order valence-electron chi connectivity index (χ2n) is 5.89. The molecule has 3 N–H and O–H groups in total. The standard InChI is InChI=1S/C15H28N2O4/c1-3-21-10-12(2)17-14(20)16-11-15(13(18)19)8-6-4-5-7-9-15/h12H,3-11H2,1-2H3,(H,18,19)(H2,16,17,20). The molecule has 0 heterocycles. The highest BCUT2D eigenvalue weighted by atomic mass is 16.5. The van der Waals surface area contributed by atoms with E-state index in [1.54, 1.807) is 0 Å². The summed E-state index contributed by atoms with van der Waals surface area (Å²) in [6, 6.07) is -0.424. The van der Waals surface area contributed by atoms with Crippen LogP contribution in [0.4, 0.5) is 4.79 Å². The molecule has 0 aromatic carbocycles. The topological polar surface area (TPSA) is 87.7 Å². The van der Waals surface area contributed by atoms with E-state index in [0.29, 0.717) is 26.1 Å². The maximum atomic E-state index is 11.8. The van der Waals surface area contributed by atoms with Gasteiger partial charge >= 0.3 is 12.0 Å². The molecule has 6 nitrogen and oxygen atoms in total. The van der Waals surface area contributed by atoms with Crippen LogP contribution in [0, 0.1) is 5.41 Å². The Kier molecular flexibility index (Phi) is 7.50. The van der Waals surface area contributed by atoms with Crippen LogP contribution in [0.1, 0.15) is 52.4 Å². The summed E-state index contributed by atoms with van der Waals surface area (Å²) in [5.74, 6) is -0.799. The molecule has 0 aromatic heterocycles. The third-order valence-electron chi connectivity index (χ3n) is 4.05. The van der Waals surface area contributed by atoms with Crippen molar-refractivity contribution in [2.45, 2.75) is 58.4 Å². The van der Waals surface area contributed by atoms with Gasteiger partial charge in [-0.25, -0.2) is 4.79 Å². The first-order chi connectivity index (χ1) is 10.00. The van der Waals surface area contributed by atoms with E-state index >= 15 is 0 Å². The first kappa shape index (κ1) is 17.8. The zero-order valence-electron chi connectivity index (χ0n) is 13.1. The van der Waals surface area contributed by atoms with Crippen LogP contribution in [-0.2, 0) is 9.53 Å². The molecule has 0 bridgehead atoms. The highest BCUT2D eigenvalue weighted by molar-refractivity contribution is 5.78. The maximum absolute atomic E-state index is 11.8. The third-order valence-corrected chi connectivity index (χ3v) is 4.05. The number of ether oxygens (including phenoxy) is 1. The van der Waals surface area contributed by atoms with Gasteiger partial charge in [0.15, 0.2) is 0 Å². The quantitative estimate of drug-likeness (QED) is 0.629. The van der Waals surface area contributed by atoms with Crippen LogP contribution < -0.4 is 10.6 Å². The van der Waals surface area contributed by atoms with E-state index in [9.17, 15) is 14.7 Å². The van der Waals surface area contributed by atoms with Gasteiger partial charge in [0.05, 0.1) is 18.1 Å². The summed E-state index contributed by atoms with van der Waals surface area (Å²) in [6.07, 6.45) is 5.25. The number of nitrogens with one attached hydrogen (secondary N) is 2. The van der Waals surface area contributed by atoms with Crippen LogP contribution in [0.15, 0.2) is 0 Å². The molecule has 1 aliphatic carbocycles. The van der Waals surface area contributed by atoms with Gasteiger partial charge in [-0.2, -0.15) is 0 Å². The first-order valence-corrected chi connectivity index (χ1v) is 7.85. The molecular formula is C15H28N2O4. The van der Waals surface area contributed by atoms with Crippen molar-refractivity contribution < 1.29 is 19.4 Å². The van der Waals surface area contributed by atoms with Gasteiger partial charge in [0, 0.05) is 13.2 Å². The van der Waals surface area contributed by atoms with Crippen LogP contribution in [0.3, 0.4) is 0 Å². The number of aliphatic carboxylic acids is 1. The minimum atomic E-state index is -0.809. The van der Waals surface area contributed by atoms with Crippen molar-refractivity contribution in [2.75, 3.05) is 19.8 Å². The fourth-order valence-corrected chi connectivity index (χ4v) is 2.73. The van der Waals surface area contributed by atoms with Crippen LogP contribution >= 0.6 is 0 Å². The lowest BCUT2D eigenvalue weighted by molar-refractivity contribution is -0.149. The predicted molar refractivity (Wildman–Crippen MR) is 80.3 cm³/mol. The molecule has 1 aliphatic rings. The van der Waals surface area contributed by atoms with Gasteiger partial charge in [-0.15, -0.1) is 0 Å². The number of rotatable bonds is 7. The number of hydrogen-bond acceptors (Lipinski definition) is 3. The second-order valence-corrected chi connectivity index (χ2v) is 5.89. The summed E-state index contributed by atoms with van der Waals surface area (Å²) in [7, 11) is 0. The Hall–Kier alpha value is -1.30. The van der Waals surface area contributed by atoms with Gasteiger partial charge in [-0.3, -0.25) is 4.79 Å². The number of carbonyl (C=O) groups excluding carboxylic acids is 1. The van der Waals surface area contributed by atoms with Gasteiger partial charge in [-0.1, -0.05) is 25.7 Å². The summed E-state index contributed by atoms with van der Waals surface area (Å²) >= 11 is 0. The molecule has 2 amide bonds. The van der Waals surface area contributed by atoms with E-state index in [0.717, 1.165) is 25.7 Å². The summed E-state index contributed by atoms with van der Waals surface area (Å²) < 4.78 is 5.23. The van der Waals surface area contributed by atoms with Crippen molar-refractivity contribution in [2.24, 2.45) is 5.41 Å². The Balaban J connectivity index is 2.45. The summed E-state index contributed by atoms with van der Waals surface area (Å²) in [4.78, 5) is 23.5. The average Bonchev–Trinajstić information content (AvgIpc) is 2.69. The van der Waals surface area contributed by atoms with E-state index in [-0.39, 0.29) is 18.6 Å². The highest BCUT2D eigenvalue weighted by Crippen LogP contribution is 2.34. The molecule has 1 saturated carbocycles. The molecule has 21 heavy (non-hydrogen) atoms. The first-order valence-electron chi connectivity index (χ1n) is 7.85. The number of urea groups is 1. The zero-order valence-corrected chi connectivity index (χ0v) is 13.1. The van der Waals surface area contributed by atoms with Gasteiger partial charge in [0.1, 0.15) is 0 Å². The number of carboxylic acid groups (broad SMARTS) is 1. The second kappa shape index (κ2) is 8.87. The summed E-state index contributed by atoms with van der Waals surface area (Å²) in [5.41, 5.74) is -0.809. The third kappa shape index (κ3) is 5.91. The Morgan fingerprint density at radius 3 is 2.38 bits per heavy atom. The Morgan fingerprint density at radius 2 is 1.86 bits per heavy atom. The molecule has 0 aromatic rings. The van der Waals surface area contributed by atoms with Crippen LogP contribution in [0.25, 0.3) is 0 Å². The molecule has 0 radical (unpaired) electrons. The Morgan fingerprint density at radius 1 is 1.24 bits per heavy atom. The average molecular weight is 300 g/mol. The van der Waals surface area contributed by atoms with Crippen molar-refractivity contribution in [3.63, 3.8) is 0 Å².